The van der Waals surface area contributed by atoms with Gasteiger partial charge in [-0.3, -0.25) is 9.59 Å². The van der Waals surface area contributed by atoms with Gasteiger partial charge in [0.1, 0.15) is 5.69 Å². The van der Waals surface area contributed by atoms with Gasteiger partial charge in [0.15, 0.2) is 0 Å². The molecule has 6 nitrogen and oxygen atoms in total. The molecular weight excluding hydrogens is 388 g/mol. The molecule has 1 amide bonds. The van der Waals surface area contributed by atoms with Gasteiger partial charge in [0.2, 0.25) is 5.91 Å². The summed E-state index contributed by atoms with van der Waals surface area (Å²) in [6, 6.07) is 13.2. The fraction of sp³-hybridized carbons (Fsp3) is 0.227. The number of H-pyrrole nitrogens is 1. The van der Waals surface area contributed by atoms with Crippen molar-refractivity contribution in [1.82, 2.24) is 19.9 Å². The molecule has 0 aliphatic carbocycles. The molecule has 2 heterocycles. The Balaban J connectivity index is 1.38. The fourth-order valence-corrected chi connectivity index (χ4v) is 3.71. The number of halogens is 1. The van der Waals surface area contributed by atoms with Crippen LogP contribution in [0.1, 0.15) is 17.7 Å². The van der Waals surface area contributed by atoms with E-state index in [-0.39, 0.29) is 17.9 Å². The Morgan fingerprint density at radius 3 is 2.93 bits per heavy atom. The minimum absolute atomic E-state index is 0.0895. The third-order valence-electron chi connectivity index (χ3n) is 5.02. The fourth-order valence-electron chi connectivity index (χ4n) is 3.54. The number of aryl methyl sites for hydroxylation is 2. The number of aromatic nitrogens is 3. The van der Waals surface area contributed by atoms with E-state index in [0.29, 0.717) is 30.2 Å². The zero-order valence-electron chi connectivity index (χ0n) is 16.0. The highest BCUT2D eigenvalue weighted by atomic mass is 35.5. The largest absolute Gasteiger partial charge is 0.361 e. The Kier molecular flexibility index (Phi) is 5.36. The van der Waals surface area contributed by atoms with Crippen LogP contribution in [0.4, 0.5) is 0 Å². The first-order valence-electron chi connectivity index (χ1n) is 9.51. The molecule has 0 saturated heterocycles. The van der Waals surface area contributed by atoms with Crippen molar-refractivity contribution in [2.45, 2.75) is 26.3 Å². The molecule has 29 heavy (non-hydrogen) atoms. The summed E-state index contributed by atoms with van der Waals surface area (Å²) in [5.74, 6) is -0.0895. The molecule has 0 atom stereocenters. The second kappa shape index (κ2) is 8.09. The van der Waals surface area contributed by atoms with Gasteiger partial charge in [0.05, 0.1) is 11.0 Å². The van der Waals surface area contributed by atoms with Crippen molar-refractivity contribution in [2.24, 2.45) is 0 Å². The molecule has 0 radical (unpaired) electrons. The van der Waals surface area contributed by atoms with E-state index >= 15 is 0 Å². The second-order valence-electron chi connectivity index (χ2n) is 7.00. The van der Waals surface area contributed by atoms with Crippen molar-refractivity contribution in [3.05, 3.63) is 75.3 Å². The molecular formula is C22H21ClN4O2. The Labute approximate surface area is 172 Å². The van der Waals surface area contributed by atoms with Crippen LogP contribution in [0.2, 0.25) is 5.02 Å². The van der Waals surface area contributed by atoms with Crippen molar-refractivity contribution in [2.75, 3.05) is 6.54 Å². The number of amides is 1. The molecule has 0 aliphatic heterocycles. The molecule has 0 unspecified atom stereocenters. The maximum atomic E-state index is 12.5. The van der Waals surface area contributed by atoms with Crippen molar-refractivity contribution >= 4 is 39.4 Å². The monoisotopic (exact) mass is 408 g/mol. The van der Waals surface area contributed by atoms with Crippen LogP contribution in [0.5, 0.6) is 0 Å². The van der Waals surface area contributed by atoms with Gasteiger partial charge in [-0.25, -0.2) is 4.98 Å². The van der Waals surface area contributed by atoms with E-state index in [4.69, 9.17) is 11.6 Å². The minimum Gasteiger partial charge on any atom is -0.361 e. The topological polar surface area (TPSA) is 79.8 Å². The smallest absolute Gasteiger partial charge is 0.272 e. The summed E-state index contributed by atoms with van der Waals surface area (Å²) in [4.78, 5) is 32.3. The summed E-state index contributed by atoms with van der Waals surface area (Å²) in [5.41, 5.74) is 3.90. The zero-order valence-corrected chi connectivity index (χ0v) is 16.8. The maximum Gasteiger partial charge on any atom is 0.272 e. The van der Waals surface area contributed by atoms with Crippen LogP contribution in [-0.2, 0) is 17.8 Å². The number of hydrogen-bond acceptors (Lipinski definition) is 3. The average molecular weight is 409 g/mol. The molecule has 0 fully saturated rings. The van der Waals surface area contributed by atoms with E-state index in [0.717, 1.165) is 27.5 Å². The van der Waals surface area contributed by atoms with Crippen LogP contribution in [0, 0.1) is 6.92 Å². The van der Waals surface area contributed by atoms with Gasteiger partial charge >= 0.3 is 0 Å². The average Bonchev–Trinajstić information content (AvgIpc) is 3.10. The number of benzene rings is 2. The minimum atomic E-state index is -0.160. The molecule has 2 aromatic heterocycles. The van der Waals surface area contributed by atoms with E-state index in [1.54, 1.807) is 11.5 Å². The quantitative estimate of drug-likeness (QED) is 0.511. The Bertz CT molecular complexity index is 1260. The van der Waals surface area contributed by atoms with Gasteiger partial charge in [-0.05, 0) is 49.2 Å². The van der Waals surface area contributed by atoms with E-state index < -0.39 is 0 Å². The molecule has 148 valence electrons. The van der Waals surface area contributed by atoms with Crippen molar-refractivity contribution in [3.8, 4) is 0 Å². The normalized spacial score (nSPS) is 11.2. The number of nitrogens with zero attached hydrogens (tertiary/aromatic N) is 2. The SMILES string of the molecule is Cc1nc2ccccc2n(CCC(=O)NCCc2c[nH]c3ccc(Cl)cc23)c1=O. The van der Waals surface area contributed by atoms with Crippen LogP contribution in [0.25, 0.3) is 21.9 Å². The predicted octanol–water partition coefficient (Wildman–Crippen LogP) is 3.59. The van der Waals surface area contributed by atoms with Gasteiger partial charge in [-0.1, -0.05) is 23.7 Å². The van der Waals surface area contributed by atoms with E-state index in [1.165, 1.54) is 0 Å². The maximum absolute atomic E-state index is 12.5. The molecule has 7 heteroatoms. The number of carbonyl (C=O) groups excluding carboxylic acids is 1. The third kappa shape index (κ3) is 4.03. The first-order valence-corrected chi connectivity index (χ1v) is 9.89. The number of rotatable bonds is 6. The Morgan fingerprint density at radius 1 is 1.24 bits per heavy atom. The molecule has 4 aromatic rings. The number of fused-ring (bicyclic) bond motifs is 2. The lowest BCUT2D eigenvalue weighted by Gasteiger charge is -2.11. The lowest BCUT2D eigenvalue weighted by molar-refractivity contribution is -0.121. The number of aromatic amines is 1. The summed E-state index contributed by atoms with van der Waals surface area (Å²) in [6.45, 7) is 2.53. The van der Waals surface area contributed by atoms with Gasteiger partial charge in [-0.2, -0.15) is 0 Å². The van der Waals surface area contributed by atoms with Crippen molar-refractivity contribution in [1.29, 1.82) is 0 Å². The third-order valence-corrected chi connectivity index (χ3v) is 5.26. The van der Waals surface area contributed by atoms with E-state index in [9.17, 15) is 9.59 Å². The lowest BCUT2D eigenvalue weighted by Crippen LogP contribution is -2.30. The summed E-state index contributed by atoms with van der Waals surface area (Å²) >= 11 is 6.08. The van der Waals surface area contributed by atoms with Crippen LogP contribution < -0.4 is 10.9 Å². The van der Waals surface area contributed by atoms with Gasteiger partial charge < -0.3 is 14.9 Å². The molecule has 0 spiro atoms. The first kappa shape index (κ1) is 19.2. The van der Waals surface area contributed by atoms with Crippen LogP contribution in [0.15, 0.2) is 53.5 Å². The number of hydrogen-bond donors (Lipinski definition) is 2. The van der Waals surface area contributed by atoms with Crippen LogP contribution in [-0.4, -0.2) is 27.0 Å². The second-order valence-corrected chi connectivity index (χ2v) is 7.43. The van der Waals surface area contributed by atoms with E-state index in [2.05, 4.69) is 15.3 Å². The molecule has 0 saturated carbocycles. The molecule has 0 bridgehead atoms. The molecule has 0 aliphatic rings. The standard InChI is InChI=1S/C22H21ClN4O2/c1-14-22(29)27(20-5-3-2-4-19(20)26-14)11-9-21(28)24-10-8-15-13-25-18-7-6-16(23)12-17(15)18/h2-7,12-13,25H,8-11H2,1H3,(H,24,28). The number of carbonyl (C=O) groups is 1. The first-order chi connectivity index (χ1) is 14.0. The summed E-state index contributed by atoms with van der Waals surface area (Å²) in [7, 11) is 0. The lowest BCUT2D eigenvalue weighted by atomic mass is 10.1. The van der Waals surface area contributed by atoms with Gasteiger partial charge in [0, 0.05) is 41.6 Å². The molecule has 2 N–H and O–H groups in total. The zero-order chi connectivity index (χ0) is 20.4. The van der Waals surface area contributed by atoms with Gasteiger partial charge in [0.25, 0.3) is 5.56 Å². The number of para-hydroxylation sites is 2. The predicted molar refractivity (Wildman–Crippen MR) is 115 cm³/mol. The highest BCUT2D eigenvalue weighted by Gasteiger charge is 2.10. The van der Waals surface area contributed by atoms with Crippen molar-refractivity contribution < 1.29 is 4.79 Å². The molecule has 2 aromatic carbocycles. The Hall–Kier alpha value is -3.12. The van der Waals surface area contributed by atoms with Crippen LogP contribution in [0.3, 0.4) is 0 Å². The number of nitrogens with one attached hydrogen (secondary N) is 2. The highest BCUT2D eigenvalue weighted by molar-refractivity contribution is 6.31. The van der Waals surface area contributed by atoms with E-state index in [1.807, 2.05) is 48.7 Å². The van der Waals surface area contributed by atoms with Crippen molar-refractivity contribution in [3.63, 3.8) is 0 Å². The van der Waals surface area contributed by atoms with Gasteiger partial charge in [-0.15, -0.1) is 0 Å². The van der Waals surface area contributed by atoms with Crippen LogP contribution >= 0.6 is 11.6 Å². The summed E-state index contributed by atoms with van der Waals surface area (Å²) < 4.78 is 1.62. The molecule has 4 rings (SSSR count). The Morgan fingerprint density at radius 2 is 2.07 bits per heavy atom. The highest BCUT2D eigenvalue weighted by Crippen LogP contribution is 2.22. The summed E-state index contributed by atoms with van der Waals surface area (Å²) in [5, 5.41) is 4.69. The summed E-state index contributed by atoms with van der Waals surface area (Å²) in [6.07, 6.45) is 2.87.